The molecule has 0 bridgehead atoms. The van der Waals surface area contributed by atoms with E-state index in [0.717, 1.165) is 18.7 Å². The van der Waals surface area contributed by atoms with Gasteiger partial charge in [-0.2, -0.15) is 0 Å². The molecule has 1 aromatic rings. The zero-order valence-electron chi connectivity index (χ0n) is 12.5. The van der Waals surface area contributed by atoms with Crippen LogP contribution in [0, 0.1) is 0 Å². The van der Waals surface area contributed by atoms with Crippen LogP contribution in [0.2, 0.25) is 0 Å². The van der Waals surface area contributed by atoms with Gasteiger partial charge in [0, 0.05) is 18.8 Å². The maximum Gasteiger partial charge on any atom is 0.137 e. The molecule has 0 aromatic carbocycles. The fraction of sp³-hybridized carbons (Fsp3) is 0.688. The largest absolute Gasteiger partial charge is 0.490 e. The zero-order valence-corrected chi connectivity index (χ0v) is 12.5. The average molecular weight is 277 g/mol. The van der Waals surface area contributed by atoms with Crippen molar-refractivity contribution >= 4 is 0 Å². The molecule has 0 radical (unpaired) electrons. The maximum atomic E-state index is 6.10. The van der Waals surface area contributed by atoms with Gasteiger partial charge in [0.05, 0.1) is 12.2 Å². The van der Waals surface area contributed by atoms with Crippen LogP contribution in [-0.2, 0) is 6.42 Å². The summed E-state index contributed by atoms with van der Waals surface area (Å²) in [5.74, 6) is 0.817. The van der Waals surface area contributed by atoms with Gasteiger partial charge in [-0.05, 0) is 30.9 Å². The predicted molar refractivity (Wildman–Crippen MR) is 82.0 cm³/mol. The number of rotatable bonds is 7. The van der Waals surface area contributed by atoms with Gasteiger partial charge in [0.25, 0.3) is 0 Å². The molecule has 1 aliphatic rings. The van der Waals surface area contributed by atoms with Gasteiger partial charge in [-0.1, -0.05) is 26.2 Å². The van der Waals surface area contributed by atoms with Crippen LogP contribution in [0.3, 0.4) is 0 Å². The Bertz CT molecular complexity index is 391. The Labute approximate surface area is 122 Å². The van der Waals surface area contributed by atoms with E-state index in [1.165, 1.54) is 37.7 Å². The van der Waals surface area contributed by atoms with Crippen molar-refractivity contribution in [2.75, 3.05) is 13.2 Å². The van der Waals surface area contributed by atoms with Gasteiger partial charge in [0.2, 0.25) is 0 Å². The predicted octanol–water partition coefficient (Wildman–Crippen LogP) is 2.27. The van der Waals surface area contributed by atoms with Crippen molar-refractivity contribution < 1.29 is 4.74 Å². The highest BCUT2D eigenvalue weighted by atomic mass is 16.5. The van der Waals surface area contributed by atoms with Crippen LogP contribution >= 0.6 is 0 Å². The number of pyridine rings is 1. The highest BCUT2D eigenvalue weighted by Crippen LogP contribution is 2.17. The van der Waals surface area contributed by atoms with E-state index in [0.29, 0.717) is 12.6 Å². The fourth-order valence-electron chi connectivity index (χ4n) is 2.62. The van der Waals surface area contributed by atoms with Crippen LogP contribution < -0.4 is 15.8 Å². The highest BCUT2D eigenvalue weighted by Gasteiger charge is 2.14. The van der Waals surface area contributed by atoms with E-state index in [4.69, 9.17) is 10.5 Å². The summed E-state index contributed by atoms with van der Waals surface area (Å²) in [6, 6.07) is 2.72. The standard InChI is InChI=1S/C16H27N3O/c1-2-13-8-16(11-18-9-13)20-12-14(17)10-19-15-6-4-3-5-7-15/h8-9,11,14-15,19H,2-7,10,12,17H2,1H3/t14-/m0/s1. The lowest BCUT2D eigenvalue weighted by Gasteiger charge is -2.24. The van der Waals surface area contributed by atoms with Gasteiger partial charge in [-0.25, -0.2) is 0 Å². The van der Waals surface area contributed by atoms with Crippen LogP contribution in [0.25, 0.3) is 0 Å². The molecule has 1 heterocycles. The van der Waals surface area contributed by atoms with E-state index in [1.54, 1.807) is 6.20 Å². The smallest absolute Gasteiger partial charge is 0.137 e. The second kappa shape index (κ2) is 8.22. The molecule has 3 N–H and O–H groups in total. The molecule has 1 saturated carbocycles. The highest BCUT2D eigenvalue weighted by molar-refractivity contribution is 5.23. The first-order valence-electron chi connectivity index (χ1n) is 7.83. The summed E-state index contributed by atoms with van der Waals surface area (Å²) in [4.78, 5) is 4.17. The van der Waals surface area contributed by atoms with Crippen LogP contribution in [0.4, 0.5) is 0 Å². The average Bonchev–Trinajstić information content (AvgIpc) is 2.52. The Morgan fingerprint density at radius 3 is 2.90 bits per heavy atom. The molecule has 112 valence electrons. The van der Waals surface area contributed by atoms with Gasteiger partial charge in [-0.15, -0.1) is 0 Å². The van der Waals surface area contributed by atoms with Crippen LogP contribution in [-0.4, -0.2) is 30.2 Å². The second-order valence-electron chi connectivity index (χ2n) is 5.70. The molecule has 1 fully saturated rings. The van der Waals surface area contributed by atoms with Crippen molar-refractivity contribution in [2.24, 2.45) is 5.73 Å². The summed E-state index contributed by atoms with van der Waals surface area (Å²) >= 11 is 0. The van der Waals surface area contributed by atoms with Gasteiger partial charge >= 0.3 is 0 Å². The van der Waals surface area contributed by atoms with E-state index in [1.807, 2.05) is 12.3 Å². The van der Waals surface area contributed by atoms with E-state index < -0.39 is 0 Å². The SMILES string of the molecule is CCc1cncc(OC[C@@H](N)CNC2CCCCC2)c1. The van der Waals surface area contributed by atoms with Crippen molar-refractivity contribution in [2.45, 2.75) is 57.5 Å². The second-order valence-corrected chi connectivity index (χ2v) is 5.70. The summed E-state index contributed by atoms with van der Waals surface area (Å²) in [6.45, 7) is 3.47. The van der Waals surface area contributed by atoms with Crippen LogP contribution in [0.5, 0.6) is 5.75 Å². The maximum absolute atomic E-state index is 6.10. The molecule has 1 aromatic heterocycles. The quantitative estimate of drug-likeness (QED) is 0.802. The molecule has 0 unspecified atom stereocenters. The van der Waals surface area contributed by atoms with E-state index in [9.17, 15) is 0 Å². The third kappa shape index (κ3) is 5.10. The van der Waals surface area contributed by atoms with Crippen molar-refractivity contribution in [1.29, 1.82) is 0 Å². The van der Waals surface area contributed by atoms with Crippen molar-refractivity contribution in [3.05, 3.63) is 24.0 Å². The summed E-state index contributed by atoms with van der Waals surface area (Å²) in [7, 11) is 0. The number of nitrogens with one attached hydrogen (secondary N) is 1. The summed E-state index contributed by atoms with van der Waals surface area (Å²) < 4.78 is 5.72. The molecule has 1 aliphatic carbocycles. The number of hydrogen-bond acceptors (Lipinski definition) is 4. The molecular formula is C16H27N3O. The number of nitrogens with zero attached hydrogens (tertiary/aromatic N) is 1. The summed E-state index contributed by atoms with van der Waals surface area (Å²) in [5, 5.41) is 3.56. The third-order valence-corrected chi connectivity index (χ3v) is 3.92. The topological polar surface area (TPSA) is 60.2 Å². The normalized spacial score (nSPS) is 17.9. The summed E-state index contributed by atoms with van der Waals surface area (Å²) in [5.41, 5.74) is 7.29. The first-order chi connectivity index (χ1) is 9.78. The Morgan fingerprint density at radius 1 is 1.35 bits per heavy atom. The first-order valence-corrected chi connectivity index (χ1v) is 7.83. The molecule has 0 saturated heterocycles. The Hall–Kier alpha value is -1.13. The third-order valence-electron chi connectivity index (χ3n) is 3.92. The molecule has 0 spiro atoms. The molecule has 20 heavy (non-hydrogen) atoms. The lowest BCUT2D eigenvalue weighted by molar-refractivity contribution is 0.272. The lowest BCUT2D eigenvalue weighted by atomic mass is 9.95. The van der Waals surface area contributed by atoms with Gasteiger partial charge in [0.1, 0.15) is 12.4 Å². The number of ether oxygens (including phenoxy) is 1. The molecule has 1 atom stereocenters. The molecule has 0 amide bonds. The Balaban J connectivity index is 1.67. The molecule has 4 nitrogen and oxygen atoms in total. The van der Waals surface area contributed by atoms with E-state index in [2.05, 4.69) is 17.2 Å². The number of nitrogens with two attached hydrogens (primary N) is 1. The Morgan fingerprint density at radius 2 is 2.15 bits per heavy atom. The Kier molecular flexibility index (Phi) is 6.27. The minimum Gasteiger partial charge on any atom is -0.490 e. The van der Waals surface area contributed by atoms with E-state index in [-0.39, 0.29) is 6.04 Å². The monoisotopic (exact) mass is 277 g/mol. The van der Waals surface area contributed by atoms with Gasteiger partial charge in [0.15, 0.2) is 0 Å². The first kappa shape index (κ1) is 15.3. The van der Waals surface area contributed by atoms with Gasteiger partial charge in [-0.3, -0.25) is 4.98 Å². The van der Waals surface area contributed by atoms with Crippen LogP contribution in [0.15, 0.2) is 18.5 Å². The molecular weight excluding hydrogens is 250 g/mol. The van der Waals surface area contributed by atoms with E-state index >= 15 is 0 Å². The molecule has 2 rings (SSSR count). The number of aromatic nitrogens is 1. The molecule has 4 heteroatoms. The number of hydrogen-bond donors (Lipinski definition) is 2. The van der Waals surface area contributed by atoms with Crippen molar-refractivity contribution in [1.82, 2.24) is 10.3 Å². The fourth-order valence-corrected chi connectivity index (χ4v) is 2.62. The minimum absolute atomic E-state index is 0.0298. The van der Waals surface area contributed by atoms with Crippen molar-refractivity contribution in [3.8, 4) is 5.75 Å². The minimum atomic E-state index is 0.0298. The van der Waals surface area contributed by atoms with Gasteiger partial charge < -0.3 is 15.8 Å². The van der Waals surface area contributed by atoms with Crippen LogP contribution in [0.1, 0.15) is 44.6 Å². The number of aryl methyl sites for hydroxylation is 1. The zero-order chi connectivity index (χ0) is 14.2. The summed E-state index contributed by atoms with van der Waals surface area (Å²) in [6.07, 6.45) is 11.2. The molecule has 0 aliphatic heterocycles. The van der Waals surface area contributed by atoms with Crippen molar-refractivity contribution in [3.63, 3.8) is 0 Å². The lowest BCUT2D eigenvalue weighted by Crippen LogP contribution is -2.43.